The molecule has 4 nitrogen and oxygen atoms in total. The van der Waals surface area contributed by atoms with Gasteiger partial charge in [0.15, 0.2) is 0 Å². The minimum absolute atomic E-state index is 0.00222. The minimum atomic E-state index is -4.80. The number of halogens is 4. The fraction of sp³-hybridized carbons (Fsp3) is 0.333. The number of alkyl halides is 3. The summed E-state index contributed by atoms with van der Waals surface area (Å²) >= 11 is 1.63. The Bertz CT molecular complexity index is 457. The number of rotatable bonds is 3. The molecule has 0 aromatic carbocycles. The molecule has 92 valence electrons. The summed E-state index contributed by atoms with van der Waals surface area (Å²) in [5, 5.41) is 8.48. The van der Waals surface area contributed by atoms with Gasteiger partial charge in [-0.3, -0.25) is 0 Å². The molecule has 0 atom stereocenters. The van der Waals surface area contributed by atoms with Crippen LogP contribution in [0.1, 0.15) is 5.69 Å². The first-order chi connectivity index (χ1) is 7.87. The van der Waals surface area contributed by atoms with E-state index in [-0.39, 0.29) is 21.6 Å². The van der Waals surface area contributed by atoms with Crippen LogP contribution < -0.4 is 9.47 Å². The molecule has 17 heavy (non-hydrogen) atoms. The summed E-state index contributed by atoms with van der Waals surface area (Å²) in [6.07, 6.45) is -4.92. The van der Waals surface area contributed by atoms with Crippen LogP contribution in [0.25, 0.3) is 0 Å². The topological polar surface area (TPSA) is 55.1 Å². The zero-order valence-electron chi connectivity index (χ0n) is 8.51. The van der Waals surface area contributed by atoms with Crippen LogP contribution in [0.15, 0.2) is 6.07 Å². The zero-order chi connectivity index (χ0) is 13.1. The predicted molar refractivity (Wildman–Crippen MR) is 59.5 cm³/mol. The Morgan fingerprint density at radius 3 is 2.65 bits per heavy atom. The van der Waals surface area contributed by atoms with Crippen molar-refractivity contribution in [1.29, 1.82) is 5.26 Å². The molecule has 1 aromatic rings. The van der Waals surface area contributed by atoms with Crippen molar-refractivity contribution in [2.75, 3.05) is 7.11 Å². The second-order valence-corrected chi connectivity index (χ2v) is 3.90. The summed E-state index contributed by atoms with van der Waals surface area (Å²) < 4.78 is 45.1. The number of nitrogens with zero attached hydrogens (tertiary/aromatic N) is 2. The number of aromatic nitrogens is 1. The first-order valence-corrected chi connectivity index (χ1v) is 5.31. The van der Waals surface area contributed by atoms with E-state index >= 15 is 0 Å². The van der Waals surface area contributed by atoms with Crippen LogP contribution in [-0.2, 0) is 6.42 Å². The van der Waals surface area contributed by atoms with E-state index in [0.29, 0.717) is 0 Å². The number of ether oxygens (including phenoxy) is 2. The standard InChI is InChI=1S/C9H6F3IN2O2/c1-16-8-7(13)6(17-9(10,11)12)4-5(15-8)2-3-14/h4H,2H2,1H3. The lowest BCUT2D eigenvalue weighted by molar-refractivity contribution is -0.275. The number of hydrogen-bond donors (Lipinski definition) is 0. The van der Waals surface area contributed by atoms with Crippen molar-refractivity contribution in [2.24, 2.45) is 0 Å². The second-order valence-electron chi connectivity index (χ2n) is 2.82. The molecule has 0 saturated carbocycles. The van der Waals surface area contributed by atoms with Gasteiger partial charge in [-0.1, -0.05) is 0 Å². The van der Waals surface area contributed by atoms with E-state index in [1.54, 1.807) is 28.7 Å². The van der Waals surface area contributed by atoms with Gasteiger partial charge < -0.3 is 9.47 Å². The first-order valence-electron chi connectivity index (χ1n) is 4.23. The largest absolute Gasteiger partial charge is 0.573 e. The van der Waals surface area contributed by atoms with E-state index < -0.39 is 12.1 Å². The summed E-state index contributed by atoms with van der Waals surface area (Å²) in [5.74, 6) is -0.423. The average Bonchev–Trinajstić information content (AvgIpc) is 2.21. The molecule has 0 unspecified atom stereocenters. The van der Waals surface area contributed by atoms with Crippen molar-refractivity contribution >= 4 is 22.6 Å². The van der Waals surface area contributed by atoms with E-state index in [2.05, 4.69) is 9.72 Å². The van der Waals surface area contributed by atoms with Crippen molar-refractivity contribution in [2.45, 2.75) is 12.8 Å². The predicted octanol–water partition coefficient (Wildman–Crippen LogP) is 2.66. The summed E-state index contributed by atoms with van der Waals surface area (Å²) in [4.78, 5) is 3.87. The van der Waals surface area contributed by atoms with Gasteiger partial charge in [0, 0.05) is 6.07 Å². The number of methoxy groups -OCH3 is 1. The third-order valence-electron chi connectivity index (χ3n) is 1.63. The summed E-state index contributed by atoms with van der Waals surface area (Å²) in [7, 11) is 1.28. The summed E-state index contributed by atoms with van der Waals surface area (Å²) in [5.41, 5.74) is 0.156. The van der Waals surface area contributed by atoms with Crippen LogP contribution in [-0.4, -0.2) is 18.5 Å². The molecule has 1 heterocycles. The van der Waals surface area contributed by atoms with Gasteiger partial charge in [-0.15, -0.1) is 13.2 Å². The highest BCUT2D eigenvalue weighted by atomic mass is 127. The fourth-order valence-electron chi connectivity index (χ4n) is 1.04. The lowest BCUT2D eigenvalue weighted by Gasteiger charge is -2.13. The van der Waals surface area contributed by atoms with E-state index in [1.165, 1.54) is 7.11 Å². The Morgan fingerprint density at radius 2 is 2.18 bits per heavy atom. The molecule has 0 radical (unpaired) electrons. The van der Waals surface area contributed by atoms with Crippen LogP contribution >= 0.6 is 22.6 Å². The third-order valence-corrected chi connectivity index (χ3v) is 2.62. The number of nitriles is 1. The Morgan fingerprint density at radius 1 is 1.53 bits per heavy atom. The molecule has 0 aliphatic rings. The smallest absolute Gasteiger partial charge is 0.480 e. The quantitative estimate of drug-likeness (QED) is 0.780. The van der Waals surface area contributed by atoms with E-state index in [9.17, 15) is 13.2 Å². The van der Waals surface area contributed by atoms with Crippen LogP contribution in [0.5, 0.6) is 11.6 Å². The molecule has 0 spiro atoms. The van der Waals surface area contributed by atoms with Gasteiger partial charge in [-0.2, -0.15) is 5.26 Å². The van der Waals surface area contributed by atoms with Gasteiger partial charge in [0.2, 0.25) is 5.88 Å². The SMILES string of the molecule is COc1nc(CC#N)cc(OC(F)(F)F)c1I. The van der Waals surface area contributed by atoms with Crippen molar-refractivity contribution in [3.05, 3.63) is 15.3 Å². The van der Waals surface area contributed by atoms with E-state index in [1.807, 2.05) is 0 Å². The van der Waals surface area contributed by atoms with Crippen LogP contribution in [0.2, 0.25) is 0 Å². The minimum Gasteiger partial charge on any atom is -0.480 e. The van der Waals surface area contributed by atoms with Gasteiger partial charge in [0.05, 0.1) is 25.3 Å². The van der Waals surface area contributed by atoms with Gasteiger partial charge in [-0.05, 0) is 22.6 Å². The normalized spacial score (nSPS) is 10.8. The van der Waals surface area contributed by atoms with Gasteiger partial charge in [0.25, 0.3) is 0 Å². The molecular formula is C9H6F3IN2O2. The molecule has 1 rings (SSSR count). The number of hydrogen-bond acceptors (Lipinski definition) is 4. The molecule has 0 bridgehead atoms. The Kier molecular flexibility index (Phi) is 4.39. The Hall–Kier alpha value is -1.24. The highest BCUT2D eigenvalue weighted by Crippen LogP contribution is 2.33. The van der Waals surface area contributed by atoms with E-state index in [0.717, 1.165) is 6.07 Å². The maximum absolute atomic E-state index is 12.1. The lowest BCUT2D eigenvalue weighted by Crippen LogP contribution is -2.18. The van der Waals surface area contributed by atoms with E-state index in [4.69, 9.17) is 10.00 Å². The monoisotopic (exact) mass is 358 g/mol. The highest BCUT2D eigenvalue weighted by Gasteiger charge is 2.33. The second kappa shape index (κ2) is 5.39. The molecule has 0 fully saturated rings. The van der Waals surface area contributed by atoms with Gasteiger partial charge >= 0.3 is 6.36 Å². The molecule has 0 amide bonds. The fourth-order valence-corrected chi connectivity index (χ4v) is 1.64. The maximum atomic E-state index is 12.1. The molecular weight excluding hydrogens is 352 g/mol. The summed E-state index contributed by atoms with van der Waals surface area (Å²) in [6, 6.07) is 2.86. The van der Waals surface area contributed by atoms with Gasteiger partial charge in [0.1, 0.15) is 9.32 Å². The van der Waals surface area contributed by atoms with Crippen LogP contribution in [0, 0.1) is 14.9 Å². The molecule has 0 saturated heterocycles. The third kappa shape index (κ3) is 3.92. The van der Waals surface area contributed by atoms with Crippen molar-refractivity contribution in [3.63, 3.8) is 0 Å². The van der Waals surface area contributed by atoms with Crippen molar-refractivity contribution in [1.82, 2.24) is 4.98 Å². The number of pyridine rings is 1. The van der Waals surface area contributed by atoms with Crippen molar-refractivity contribution in [3.8, 4) is 17.7 Å². The average molecular weight is 358 g/mol. The Balaban J connectivity index is 3.19. The molecule has 0 aliphatic carbocycles. The molecule has 8 heteroatoms. The highest BCUT2D eigenvalue weighted by molar-refractivity contribution is 14.1. The lowest BCUT2D eigenvalue weighted by atomic mass is 10.3. The first kappa shape index (κ1) is 13.8. The van der Waals surface area contributed by atoms with Crippen LogP contribution in [0.4, 0.5) is 13.2 Å². The molecule has 0 aliphatic heterocycles. The summed E-state index contributed by atoms with van der Waals surface area (Å²) in [6.45, 7) is 0. The molecule has 0 N–H and O–H groups in total. The van der Waals surface area contributed by atoms with Gasteiger partial charge in [-0.25, -0.2) is 4.98 Å². The Labute approximate surface area is 108 Å². The zero-order valence-corrected chi connectivity index (χ0v) is 10.7. The molecule has 1 aromatic heterocycles. The van der Waals surface area contributed by atoms with Crippen LogP contribution in [0.3, 0.4) is 0 Å². The van der Waals surface area contributed by atoms with Crippen molar-refractivity contribution < 1.29 is 22.6 Å². The maximum Gasteiger partial charge on any atom is 0.573 e.